The highest BCUT2D eigenvalue weighted by atomic mass is 35.6. The fourth-order valence-corrected chi connectivity index (χ4v) is 3.00. The highest BCUT2D eigenvalue weighted by molar-refractivity contribution is 6.67. The SMILES string of the molecule is CCCN(CCC)c1ccc(-c2nc(C(Cl)(Cl)Cl)nc(C(Cl)(Cl)Cl)n2)cc1. The number of halogens is 6. The predicted octanol–water partition coefficient (Wildman–Crippen LogP) is 6.82. The zero-order valence-corrected chi connectivity index (χ0v) is 19.2. The third-order valence-corrected chi connectivity index (χ3v) is 4.63. The van der Waals surface area contributed by atoms with E-state index in [0.29, 0.717) is 5.56 Å². The van der Waals surface area contributed by atoms with E-state index in [9.17, 15) is 0 Å². The Kier molecular flexibility index (Phi) is 8.12. The fraction of sp³-hybridized carbons (Fsp3) is 0.471. The molecule has 0 amide bonds. The van der Waals surface area contributed by atoms with E-state index in [-0.39, 0.29) is 17.5 Å². The van der Waals surface area contributed by atoms with Crippen LogP contribution in [0.5, 0.6) is 0 Å². The van der Waals surface area contributed by atoms with Crippen molar-refractivity contribution in [1.82, 2.24) is 15.0 Å². The number of alkyl halides is 6. The molecule has 0 fully saturated rings. The van der Waals surface area contributed by atoms with Crippen molar-refractivity contribution in [3.05, 3.63) is 35.9 Å². The van der Waals surface area contributed by atoms with E-state index < -0.39 is 7.59 Å². The second kappa shape index (κ2) is 9.51. The minimum Gasteiger partial charge on any atom is -0.372 e. The van der Waals surface area contributed by atoms with Crippen LogP contribution in [0.3, 0.4) is 0 Å². The molecule has 4 nitrogen and oxygen atoms in total. The first kappa shape index (κ1) is 23.1. The minimum absolute atomic E-state index is 0.110. The monoisotopic (exact) mass is 488 g/mol. The van der Waals surface area contributed by atoms with Crippen molar-refractivity contribution in [2.45, 2.75) is 34.3 Å². The van der Waals surface area contributed by atoms with Gasteiger partial charge in [0, 0.05) is 24.3 Å². The Morgan fingerprint density at radius 2 is 1.19 bits per heavy atom. The summed E-state index contributed by atoms with van der Waals surface area (Å²) in [5, 5.41) is 0. The lowest BCUT2D eigenvalue weighted by Gasteiger charge is -2.24. The van der Waals surface area contributed by atoms with Crippen LogP contribution in [0.15, 0.2) is 24.3 Å². The summed E-state index contributed by atoms with van der Waals surface area (Å²) in [5.74, 6) is 0.0414. The van der Waals surface area contributed by atoms with Crippen LogP contribution in [-0.2, 0) is 7.59 Å². The lowest BCUT2D eigenvalue weighted by Crippen LogP contribution is -2.24. The van der Waals surface area contributed by atoms with Crippen LogP contribution in [0.1, 0.15) is 38.3 Å². The maximum absolute atomic E-state index is 5.92. The van der Waals surface area contributed by atoms with Crippen molar-refractivity contribution in [3.63, 3.8) is 0 Å². The van der Waals surface area contributed by atoms with Crippen LogP contribution in [0.2, 0.25) is 0 Å². The first-order valence-corrected chi connectivity index (χ1v) is 10.6. The largest absolute Gasteiger partial charge is 0.372 e. The van der Waals surface area contributed by atoms with Gasteiger partial charge in [0.25, 0.3) is 0 Å². The van der Waals surface area contributed by atoms with Gasteiger partial charge in [-0.15, -0.1) is 0 Å². The van der Waals surface area contributed by atoms with Crippen LogP contribution < -0.4 is 4.90 Å². The minimum atomic E-state index is -1.87. The fourth-order valence-electron chi connectivity index (χ4n) is 2.49. The molecular weight excluding hydrogens is 473 g/mol. The molecule has 0 aliphatic carbocycles. The van der Waals surface area contributed by atoms with Gasteiger partial charge in [-0.2, -0.15) is 0 Å². The van der Waals surface area contributed by atoms with Crippen LogP contribution in [-0.4, -0.2) is 28.0 Å². The Labute approximate surface area is 189 Å². The molecule has 0 radical (unpaired) electrons. The van der Waals surface area contributed by atoms with Crippen molar-refractivity contribution in [3.8, 4) is 11.4 Å². The molecule has 0 aliphatic rings. The smallest absolute Gasteiger partial charge is 0.250 e. The lowest BCUT2D eigenvalue weighted by molar-refractivity contribution is 0.745. The Bertz CT molecular complexity index is 717. The molecule has 0 aliphatic heterocycles. The average molecular weight is 491 g/mol. The number of benzene rings is 1. The maximum Gasteiger partial charge on any atom is 0.250 e. The molecule has 0 atom stereocenters. The molecule has 1 aromatic carbocycles. The molecule has 0 saturated heterocycles. The molecule has 27 heavy (non-hydrogen) atoms. The summed E-state index contributed by atoms with van der Waals surface area (Å²) in [6.07, 6.45) is 2.13. The van der Waals surface area contributed by atoms with Gasteiger partial charge in [-0.1, -0.05) is 83.5 Å². The van der Waals surface area contributed by atoms with E-state index in [4.69, 9.17) is 69.6 Å². The van der Waals surface area contributed by atoms with Crippen LogP contribution >= 0.6 is 69.6 Å². The zero-order valence-electron chi connectivity index (χ0n) is 14.7. The van der Waals surface area contributed by atoms with E-state index in [1.54, 1.807) is 0 Å². The summed E-state index contributed by atoms with van der Waals surface area (Å²) < 4.78 is -3.75. The van der Waals surface area contributed by atoms with Gasteiger partial charge >= 0.3 is 0 Å². The number of nitrogens with zero attached hydrogens (tertiary/aromatic N) is 4. The van der Waals surface area contributed by atoms with Crippen molar-refractivity contribution >= 4 is 75.3 Å². The van der Waals surface area contributed by atoms with Gasteiger partial charge in [-0.25, -0.2) is 15.0 Å². The van der Waals surface area contributed by atoms with Crippen molar-refractivity contribution in [2.75, 3.05) is 18.0 Å². The molecule has 2 rings (SSSR count). The molecule has 0 bridgehead atoms. The van der Waals surface area contributed by atoms with Crippen molar-refractivity contribution in [1.29, 1.82) is 0 Å². The third kappa shape index (κ3) is 6.38. The molecule has 1 heterocycles. The lowest BCUT2D eigenvalue weighted by atomic mass is 10.1. The molecule has 0 spiro atoms. The van der Waals surface area contributed by atoms with E-state index >= 15 is 0 Å². The number of anilines is 1. The van der Waals surface area contributed by atoms with Gasteiger partial charge < -0.3 is 4.90 Å². The summed E-state index contributed by atoms with van der Waals surface area (Å²) in [6, 6.07) is 7.75. The third-order valence-electron chi connectivity index (χ3n) is 3.62. The summed E-state index contributed by atoms with van der Waals surface area (Å²) in [7, 11) is 0. The summed E-state index contributed by atoms with van der Waals surface area (Å²) in [4.78, 5) is 14.7. The molecule has 0 N–H and O–H groups in total. The van der Waals surface area contributed by atoms with Crippen LogP contribution in [0.25, 0.3) is 11.4 Å². The Balaban J connectivity index is 2.45. The van der Waals surface area contributed by atoms with Gasteiger partial charge in [-0.05, 0) is 37.1 Å². The van der Waals surface area contributed by atoms with E-state index in [1.807, 2.05) is 24.3 Å². The van der Waals surface area contributed by atoms with E-state index in [2.05, 4.69) is 33.7 Å². The molecular formula is C17H18Cl6N4. The number of rotatable bonds is 6. The van der Waals surface area contributed by atoms with Gasteiger partial charge in [0.1, 0.15) is 0 Å². The molecule has 1 aromatic heterocycles. The van der Waals surface area contributed by atoms with E-state index in [1.165, 1.54) is 0 Å². The summed E-state index contributed by atoms with van der Waals surface area (Å²) >= 11 is 35.5. The first-order valence-electron chi connectivity index (χ1n) is 8.32. The summed E-state index contributed by atoms with van der Waals surface area (Å²) in [6.45, 7) is 6.26. The molecule has 10 heteroatoms. The maximum atomic E-state index is 5.92. The van der Waals surface area contributed by atoms with Gasteiger partial charge in [0.05, 0.1) is 0 Å². The number of hydrogen-bond donors (Lipinski definition) is 0. The Morgan fingerprint density at radius 1 is 0.741 bits per heavy atom. The highest BCUT2D eigenvalue weighted by Crippen LogP contribution is 2.40. The topological polar surface area (TPSA) is 41.9 Å². The highest BCUT2D eigenvalue weighted by Gasteiger charge is 2.34. The van der Waals surface area contributed by atoms with E-state index in [0.717, 1.165) is 31.6 Å². The molecule has 0 unspecified atom stereocenters. The van der Waals surface area contributed by atoms with Crippen LogP contribution in [0.4, 0.5) is 5.69 Å². The first-order chi connectivity index (χ1) is 12.6. The Morgan fingerprint density at radius 3 is 1.56 bits per heavy atom. The normalized spacial score (nSPS) is 12.3. The number of aromatic nitrogens is 3. The standard InChI is InChI=1S/C17H18Cl6N4/c1-3-9-27(10-4-2)12-7-5-11(6-8-12)13-24-14(16(18,19)20)26-15(25-13)17(21,22)23/h5-8H,3-4,9-10H2,1-2H3. The average Bonchev–Trinajstić information content (AvgIpc) is 2.60. The van der Waals surface area contributed by atoms with Crippen LogP contribution in [0, 0.1) is 0 Å². The van der Waals surface area contributed by atoms with Gasteiger partial charge in [-0.3, -0.25) is 0 Å². The second-order valence-electron chi connectivity index (χ2n) is 5.84. The van der Waals surface area contributed by atoms with Gasteiger partial charge in [0.15, 0.2) is 17.5 Å². The van der Waals surface area contributed by atoms with Crippen molar-refractivity contribution < 1.29 is 0 Å². The quantitative estimate of drug-likeness (QED) is 0.417. The summed E-state index contributed by atoms with van der Waals surface area (Å²) in [5.41, 5.74) is 1.81. The van der Waals surface area contributed by atoms with Crippen molar-refractivity contribution in [2.24, 2.45) is 0 Å². The molecule has 148 valence electrons. The number of hydrogen-bond acceptors (Lipinski definition) is 4. The molecule has 0 saturated carbocycles. The Hall–Kier alpha value is -0.230. The van der Waals surface area contributed by atoms with Gasteiger partial charge in [0.2, 0.25) is 7.59 Å². The zero-order chi connectivity index (χ0) is 20.2. The second-order valence-corrected chi connectivity index (χ2v) is 10.4. The molecule has 2 aromatic rings. The predicted molar refractivity (Wildman–Crippen MR) is 117 cm³/mol.